The van der Waals surface area contributed by atoms with Crippen molar-refractivity contribution in [1.82, 2.24) is 0 Å². The van der Waals surface area contributed by atoms with Crippen LogP contribution in [-0.2, 0) is 0 Å². The molecule has 5 heteroatoms. The molecule has 2 rings (SSSR count). The molecule has 0 bridgehead atoms. The van der Waals surface area contributed by atoms with Gasteiger partial charge in [0.05, 0.1) is 22.3 Å². The van der Waals surface area contributed by atoms with E-state index < -0.39 is 0 Å². The first-order valence-electron chi connectivity index (χ1n) is 4.41. The zero-order valence-electron chi connectivity index (χ0n) is 8.05. The van der Waals surface area contributed by atoms with Gasteiger partial charge in [0, 0.05) is 11.5 Å². The number of likely N-dealkylation sites (N-methyl/N-ethyl adjacent to an activating group) is 1. The minimum Gasteiger partial charge on any atom is -0.488 e. The van der Waals surface area contributed by atoms with Crippen molar-refractivity contribution in [2.24, 2.45) is 0 Å². The predicted molar refractivity (Wildman–Crippen MR) is 65.3 cm³/mol. The van der Waals surface area contributed by atoms with Gasteiger partial charge in [-0.25, -0.2) is 0 Å². The monoisotopic (exact) mass is 330 g/mol. The van der Waals surface area contributed by atoms with E-state index in [1.807, 2.05) is 13.1 Å². The first-order chi connectivity index (χ1) is 7.15. The molecule has 0 saturated heterocycles. The molecule has 0 amide bonds. The van der Waals surface area contributed by atoms with Gasteiger partial charge in [0.2, 0.25) is 0 Å². The Kier molecular flexibility index (Phi) is 2.89. The Labute approximate surface area is 105 Å². The summed E-state index contributed by atoms with van der Waals surface area (Å²) in [7, 11) is 2.01. The van der Waals surface area contributed by atoms with Crippen LogP contribution in [0.5, 0.6) is 5.75 Å². The van der Waals surface area contributed by atoms with E-state index in [4.69, 9.17) is 10.00 Å². The van der Waals surface area contributed by atoms with Gasteiger partial charge in [-0.3, -0.25) is 0 Å². The second-order valence-corrected chi connectivity index (χ2v) is 4.92. The summed E-state index contributed by atoms with van der Waals surface area (Å²) < 4.78 is 7.07. The lowest BCUT2D eigenvalue weighted by Crippen LogP contribution is -2.29. The van der Waals surface area contributed by atoms with Crippen LogP contribution in [0.15, 0.2) is 15.0 Å². The molecule has 0 aliphatic carbocycles. The molecule has 1 heterocycles. The zero-order valence-corrected chi connectivity index (χ0v) is 11.2. The van der Waals surface area contributed by atoms with Gasteiger partial charge in [-0.15, -0.1) is 0 Å². The molecule has 0 N–H and O–H groups in total. The fourth-order valence-electron chi connectivity index (χ4n) is 1.52. The highest BCUT2D eigenvalue weighted by Gasteiger charge is 2.22. The first kappa shape index (κ1) is 10.8. The van der Waals surface area contributed by atoms with Crippen molar-refractivity contribution in [2.75, 3.05) is 25.1 Å². The lowest BCUT2D eigenvalue weighted by atomic mass is 10.1. The smallest absolute Gasteiger partial charge is 0.158 e. The Bertz CT molecular complexity index is 454. The van der Waals surface area contributed by atoms with Crippen molar-refractivity contribution in [3.8, 4) is 11.8 Å². The molecule has 0 atom stereocenters. The normalized spacial score (nSPS) is 14.1. The number of halogens is 2. The molecular weight excluding hydrogens is 324 g/mol. The van der Waals surface area contributed by atoms with Crippen LogP contribution in [0.3, 0.4) is 0 Å². The summed E-state index contributed by atoms with van der Waals surface area (Å²) in [6.07, 6.45) is 0. The van der Waals surface area contributed by atoms with Crippen molar-refractivity contribution in [3.05, 3.63) is 20.6 Å². The number of nitriles is 1. The first-order valence-corrected chi connectivity index (χ1v) is 5.99. The molecular formula is C10H8Br2N2O. The summed E-state index contributed by atoms with van der Waals surface area (Å²) in [6.45, 7) is 1.51. The Balaban J connectivity index is 2.67. The van der Waals surface area contributed by atoms with Crippen molar-refractivity contribution in [2.45, 2.75) is 0 Å². The van der Waals surface area contributed by atoms with E-state index in [1.165, 1.54) is 0 Å². The molecule has 3 nitrogen and oxygen atoms in total. The van der Waals surface area contributed by atoms with Crippen LogP contribution in [0.1, 0.15) is 5.56 Å². The quantitative estimate of drug-likeness (QED) is 0.733. The maximum absolute atomic E-state index is 8.99. The van der Waals surface area contributed by atoms with Gasteiger partial charge in [-0.1, -0.05) is 0 Å². The highest BCUT2D eigenvalue weighted by atomic mass is 79.9. The SMILES string of the molecule is CN1CCOc2c1cc(Br)c(C#N)c2Br. The lowest BCUT2D eigenvalue weighted by molar-refractivity contribution is 0.309. The van der Waals surface area contributed by atoms with Crippen LogP contribution in [0, 0.1) is 11.3 Å². The van der Waals surface area contributed by atoms with Crippen molar-refractivity contribution < 1.29 is 4.74 Å². The third kappa shape index (κ3) is 1.72. The van der Waals surface area contributed by atoms with Crippen LogP contribution in [0.2, 0.25) is 0 Å². The predicted octanol–water partition coefficient (Wildman–Crippen LogP) is 2.91. The number of rotatable bonds is 0. The van der Waals surface area contributed by atoms with Crippen molar-refractivity contribution >= 4 is 37.5 Å². The number of benzene rings is 1. The Morgan fingerprint density at radius 3 is 2.93 bits per heavy atom. The molecule has 15 heavy (non-hydrogen) atoms. The molecule has 0 fully saturated rings. The van der Waals surface area contributed by atoms with E-state index in [-0.39, 0.29) is 0 Å². The Morgan fingerprint density at radius 1 is 1.53 bits per heavy atom. The van der Waals surface area contributed by atoms with E-state index >= 15 is 0 Å². The third-order valence-electron chi connectivity index (χ3n) is 2.35. The fraction of sp³-hybridized carbons (Fsp3) is 0.300. The highest BCUT2D eigenvalue weighted by molar-refractivity contribution is 9.11. The number of hydrogen-bond donors (Lipinski definition) is 0. The van der Waals surface area contributed by atoms with Crippen LogP contribution in [-0.4, -0.2) is 20.2 Å². The zero-order chi connectivity index (χ0) is 11.0. The van der Waals surface area contributed by atoms with Gasteiger partial charge in [-0.2, -0.15) is 5.26 Å². The molecule has 0 saturated carbocycles. The maximum Gasteiger partial charge on any atom is 0.158 e. The van der Waals surface area contributed by atoms with Gasteiger partial charge >= 0.3 is 0 Å². The van der Waals surface area contributed by atoms with E-state index in [2.05, 4.69) is 42.8 Å². The van der Waals surface area contributed by atoms with Gasteiger partial charge in [0.25, 0.3) is 0 Å². The lowest BCUT2D eigenvalue weighted by Gasteiger charge is -2.29. The van der Waals surface area contributed by atoms with Crippen LogP contribution >= 0.6 is 31.9 Å². The topological polar surface area (TPSA) is 36.3 Å². The van der Waals surface area contributed by atoms with Gasteiger partial charge in [0.15, 0.2) is 5.75 Å². The van der Waals surface area contributed by atoms with Gasteiger partial charge in [-0.05, 0) is 37.9 Å². The number of ether oxygens (including phenoxy) is 1. The largest absolute Gasteiger partial charge is 0.488 e. The maximum atomic E-state index is 8.99. The number of nitrogens with zero attached hydrogens (tertiary/aromatic N) is 2. The Hall–Kier alpha value is -0.730. The summed E-state index contributed by atoms with van der Waals surface area (Å²) >= 11 is 6.78. The van der Waals surface area contributed by atoms with E-state index in [0.29, 0.717) is 12.2 Å². The minimum atomic E-state index is 0.573. The average Bonchev–Trinajstić information content (AvgIpc) is 2.20. The standard InChI is InChI=1S/C10H8Br2N2O/c1-14-2-3-15-10-8(14)4-7(11)6(5-13)9(10)12/h4H,2-3H2,1H3. The number of fused-ring (bicyclic) bond motifs is 1. The van der Waals surface area contributed by atoms with Crippen LogP contribution < -0.4 is 9.64 Å². The van der Waals surface area contributed by atoms with Crippen LogP contribution in [0.25, 0.3) is 0 Å². The van der Waals surface area contributed by atoms with E-state index in [9.17, 15) is 0 Å². The van der Waals surface area contributed by atoms with Crippen molar-refractivity contribution in [3.63, 3.8) is 0 Å². The van der Waals surface area contributed by atoms with Gasteiger partial charge in [0.1, 0.15) is 12.7 Å². The molecule has 0 radical (unpaired) electrons. The average molecular weight is 332 g/mol. The Morgan fingerprint density at radius 2 is 2.27 bits per heavy atom. The summed E-state index contributed by atoms with van der Waals surface area (Å²) in [5.41, 5.74) is 1.57. The molecule has 1 aliphatic heterocycles. The van der Waals surface area contributed by atoms with E-state index in [1.54, 1.807) is 0 Å². The molecule has 0 unspecified atom stereocenters. The number of hydrogen-bond acceptors (Lipinski definition) is 3. The van der Waals surface area contributed by atoms with Crippen molar-refractivity contribution in [1.29, 1.82) is 5.26 Å². The molecule has 1 aliphatic rings. The summed E-state index contributed by atoms with van der Waals surface area (Å²) in [5, 5.41) is 8.99. The second kappa shape index (κ2) is 4.03. The highest BCUT2D eigenvalue weighted by Crippen LogP contribution is 2.43. The summed E-state index contributed by atoms with van der Waals surface area (Å²) in [4.78, 5) is 2.11. The molecule has 0 aromatic heterocycles. The number of anilines is 1. The molecule has 1 aromatic carbocycles. The molecule has 0 spiro atoms. The molecule has 1 aromatic rings. The summed E-state index contributed by atoms with van der Waals surface area (Å²) in [6, 6.07) is 4.05. The fourth-order valence-corrected chi connectivity index (χ4v) is 2.91. The molecule has 78 valence electrons. The van der Waals surface area contributed by atoms with Crippen LogP contribution in [0.4, 0.5) is 5.69 Å². The minimum absolute atomic E-state index is 0.573. The second-order valence-electron chi connectivity index (χ2n) is 3.28. The van der Waals surface area contributed by atoms with Gasteiger partial charge < -0.3 is 9.64 Å². The summed E-state index contributed by atoms with van der Waals surface area (Å²) in [5.74, 6) is 0.753. The van der Waals surface area contributed by atoms with E-state index in [0.717, 1.165) is 26.9 Å². The third-order valence-corrected chi connectivity index (χ3v) is 3.73.